The summed E-state index contributed by atoms with van der Waals surface area (Å²) >= 11 is 0. The molecule has 1 saturated carbocycles. The third-order valence-electron chi connectivity index (χ3n) is 5.69. The summed E-state index contributed by atoms with van der Waals surface area (Å²) in [4.78, 5) is 18.4. The van der Waals surface area contributed by atoms with Gasteiger partial charge in [-0.15, -0.1) is 0 Å². The van der Waals surface area contributed by atoms with E-state index in [4.69, 9.17) is 0 Å². The standard InChI is InChI=1S/C21H27N7/c1-2-5-18(6-3-1)27-13-11-26(12-14-27)9-4-10-28-16-24-19-20(25-17-7-8-17)22-15-23-21(19)28/h1-3,5-6,15-17H,4,7-14H2,(H,22,23,25). The number of hydrogen-bond donors (Lipinski definition) is 1. The lowest BCUT2D eigenvalue weighted by atomic mass is 10.2. The highest BCUT2D eigenvalue weighted by Gasteiger charge is 2.23. The maximum atomic E-state index is 4.56. The molecule has 0 amide bonds. The van der Waals surface area contributed by atoms with Crippen LogP contribution in [0, 0.1) is 0 Å². The van der Waals surface area contributed by atoms with Crippen LogP contribution >= 0.6 is 0 Å². The van der Waals surface area contributed by atoms with Crippen LogP contribution in [-0.4, -0.2) is 63.2 Å². The molecule has 28 heavy (non-hydrogen) atoms. The van der Waals surface area contributed by atoms with Crippen molar-refractivity contribution in [3.05, 3.63) is 43.0 Å². The number of aromatic nitrogens is 4. The molecule has 146 valence electrons. The van der Waals surface area contributed by atoms with Crippen LogP contribution in [-0.2, 0) is 6.54 Å². The Morgan fingerprint density at radius 1 is 0.929 bits per heavy atom. The largest absolute Gasteiger partial charge is 0.369 e. The van der Waals surface area contributed by atoms with Gasteiger partial charge in [-0.25, -0.2) is 15.0 Å². The van der Waals surface area contributed by atoms with E-state index in [0.717, 1.165) is 62.7 Å². The Balaban J connectivity index is 1.14. The quantitative estimate of drug-likeness (QED) is 0.683. The van der Waals surface area contributed by atoms with Crippen molar-refractivity contribution >= 4 is 22.7 Å². The number of anilines is 2. The number of aryl methyl sites for hydroxylation is 1. The van der Waals surface area contributed by atoms with Gasteiger partial charge >= 0.3 is 0 Å². The fourth-order valence-electron chi connectivity index (χ4n) is 3.90. The van der Waals surface area contributed by atoms with Gasteiger partial charge in [0, 0.05) is 44.5 Å². The van der Waals surface area contributed by atoms with Crippen molar-refractivity contribution in [2.75, 3.05) is 42.9 Å². The lowest BCUT2D eigenvalue weighted by Gasteiger charge is -2.36. The van der Waals surface area contributed by atoms with Crippen LogP contribution in [0.15, 0.2) is 43.0 Å². The summed E-state index contributed by atoms with van der Waals surface area (Å²) in [6.45, 7) is 6.49. The van der Waals surface area contributed by atoms with E-state index >= 15 is 0 Å². The summed E-state index contributed by atoms with van der Waals surface area (Å²) in [5, 5.41) is 3.46. The molecule has 1 aliphatic heterocycles. The fourth-order valence-corrected chi connectivity index (χ4v) is 3.90. The summed E-state index contributed by atoms with van der Waals surface area (Å²) in [5.74, 6) is 0.878. The van der Waals surface area contributed by atoms with Crippen molar-refractivity contribution in [1.29, 1.82) is 0 Å². The summed E-state index contributed by atoms with van der Waals surface area (Å²) < 4.78 is 2.16. The number of benzene rings is 1. The van der Waals surface area contributed by atoms with Gasteiger partial charge in [0.1, 0.15) is 11.8 Å². The molecule has 1 N–H and O–H groups in total. The molecule has 1 aromatic carbocycles. The van der Waals surface area contributed by atoms with Crippen LogP contribution in [0.25, 0.3) is 11.2 Å². The highest BCUT2D eigenvalue weighted by molar-refractivity contribution is 5.82. The molecule has 0 radical (unpaired) electrons. The van der Waals surface area contributed by atoms with Crippen molar-refractivity contribution in [2.45, 2.75) is 31.8 Å². The zero-order valence-corrected chi connectivity index (χ0v) is 16.2. The van der Waals surface area contributed by atoms with Crippen LogP contribution < -0.4 is 10.2 Å². The molecule has 7 heteroatoms. The van der Waals surface area contributed by atoms with Gasteiger partial charge in [0.25, 0.3) is 0 Å². The van der Waals surface area contributed by atoms with Crippen molar-refractivity contribution in [3.63, 3.8) is 0 Å². The number of nitrogens with one attached hydrogen (secondary N) is 1. The van der Waals surface area contributed by atoms with Crippen LogP contribution in [0.1, 0.15) is 19.3 Å². The minimum absolute atomic E-state index is 0.567. The lowest BCUT2D eigenvalue weighted by Crippen LogP contribution is -2.46. The number of piperazine rings is 1. The van der Waals surface area contributed by atoms with Gasteiger partial charge in [-0.2, -0.15) is 0 Å². The predicted molar refractivity (Wildman–Crippen MR) is 112 cm³/mol. The summed E-state index contributed by atoms with van der Waals surface area (Å²) in [5.41, 5.74) is 3.17. The molecule has 2 aromatic heterocycles. The Morgan fingerprint density at radius 2 is 1.75 bits per heavy atom. The van der Waals surface area contributed by atoms with Gasteiger partial charge in [-0.05, 0) is 37.9 Å². The summed E-state index contributed by atoms with van der Waals surface area (Å²) in [6.07, 6.45) is 7.11. The molecule has 7 nitrogen and oxygen atoms in total. The number of para-hydroxylation sites is 1. The van der Waals surface area contributed by atoms with E-state index in [1.54, 1.807) is 6.33 Å². The molecular formula is C21H27N7. The van der Waals surface area contributed by atoms with Crippen LogP contribution in [0.3, 0.4) is 0 Å². The molecule has 1 saturated heterocycles. The van der Waals surface area contributed by atoms with Gasteiger partial charge in [0.15, 0.2) is 11.5 Å². The Bertz CT molecular complexity index is 911. The Hall–Kier alpha value is -2.67. The number of nitrogens with zero attached hydrogens (tertiary/aromatic N) is 6. The minimum atomic E-state index is 0.567. The van der Waals surface area contributed by atoms with Gasteiger partial charge in [0.2, 0.25) is 0 Å². The van der Waals surface area contributed by atoms with E-state index in [9.17, 15) is 0 Å². The van der Waals surface area contributed by atoms with Crippen LogP contribution in [0.4, 0.5) is 11.5 Å². The van der Waals surface area contributed by atoms with E-state index in [1.165, 1.54) is 18.5 Å². The fraction of sp³-hybridized carbons (Fsp3) is 0.476. The first-order valence-corrected chi connectivity index (χ1v) is 10.3. The maximum absolute atomic E-state index is 4.56. The second kappa shape index (κ2) is 7.75. The molecule has 0 bridgehead atoms. The van der Waals surface area contributed by atoms with Gasteiger partial charge in [0.05, 0.1) is 6.33 Å². The molecule has 0 spiro atoms. The average molecular weight is 377 g/mol. The van der Waals surface area contributed by atoms with Gasteiger partial charge in [-0.1, -0.05) is 18.2 Å². The summed E-state index contributed by atoms with van der Waals surface area (Å²) in [7, 11) is 0. The van der Waals surface area contributed by atoms with Crippen molar-refractivity contribution in [1.82, 2.24) is 24.4 Å². The SMILES string of the molecule is c1ccc(N2CCN(CCCn3cnc4c(NC5CC5)ncnc43)CC2)cc1. The van der Waals surface area contributed by atoms with Crippen LogP contribution in [0.5, 0.6) is 0 Å². The molecule has 0 unspecified atom stereocenters. The average Bonchev–Trinajstić information content (AvgIpc) is 3.47. The zero-order chi connectivity index (χ0) is 18.8. The molecule has 3 heterocycles. The minimum Gasteiger partial charge on any atom is -0.369 e. The smallest absolute Gasteiger partial charge is 0.165 e. The highest BCUT2D eigenvalue weighted by atomic mass is 15.3. The molecular weight excluding hydrogens is 350 g/mol. The first-order chi connectivity index (χ1) is 13.9. The van der Waals surface area contributed by atoms with E-state index in [0.29, 0.717) is 6.04 Å². The molecule has 1 aliphatic carbocycles. The second-order valence-corrected chi connectivity index (χ2v) is 7.77. The topological polar surface area (TPSA) is 62.1 Å². The predicted octanol–water partition coefficient (Wildman–Crippen LogP) is 2.61. The molecule has 0 atom stereocenters. The van der Waals surface area contributed by atoms with Crippen molar-refractivity contribution < 1.29 is 0 Å². The maximum Gasteiger partial charge on any atom is 0.165 e. The van der Waals surface area contributed by atoms with Gasteiger partial charge in [-0.3, -0.25) is 4.90 Å². The lowest BCUT2D eigenvalue weighted by molar-refractivity contribution is 0.251. The van der Waals surface area contributed by atoms with E-state index < -0.39 is 0 Å². The first-order valence-electron chi connectivity index (χ1n) is 10.3. The number of rotatable bonds is 7. The molecule has 3 aromatic rings. The van der Waals surface area contributed by atoms with E-state index in [-0.39, 0.29) is 0 Å². The number of imidazole rings is 1. The normalized spacial score (nSPS) is 17.9. The number of fused-ring (bicyclic) bond motifs is 1. The van der Waals surface area contributed by atoms with E-state index in [2.05, 4.69) is 65.0 Å². The van der Waals surface area contributed by atoms with E-state index in [1.807, 2.05) is 6.33 Å². The Morgan fingerprint density at radius 3 is 2.54 bits per heavy atom. The Labute approximate surface area is 165 Å². The molecule has 2 aliphatic rings. The third kappa shape index (κ3) is 3.80. The third-order valence-corrected chi connectivity index (χ3v) is 5.69. The van der Waals surface area contributed by atoms with Gasteiger partial charge < -0.3 is 14.8 Å². The number of hydrogen-bond acceptors (Lipinski definition) is 6. The van der Waals surface area contributed by atoms with Crippen molar-refractivity contribution in [2.24, 2.45) is 0 Å². The van der Waals surface area contributed by atoms with Crippen LogP contribution in [0.2, 0.25) is 0 Å². The highest BCUT2D eigenvalue weighted by Crippen LogP contribution is 2.26. The van der Waals surface area contributed by atoms with Crippen molar-refractivity contribution in [3.8, 4) is 0 Å². The first kappa shape index (κ1) is 17.4. The molecule has 2 fully saturated rings. The molecule has 5 rings (SSSR count). The zero-order valence-electron chi connectivity index (χ0n) is 16.2. The monoisotopic (exact) mass is 377 g/mol. The summed E-state index contributed by atoms with van der Waals surface area (Å²) in [6, 6.07) is 11.3. The Kier molecular flexibility index (Phi) is 4.83. The second-order valence-electron chi connectivity index (χ2n) is 7.77.